The van der Waals surface area contributed by atoms with Crippen molar-refractivity contribution in [3.8, 4) is 11.4 Å². The SMILES string of the molecule is Ic1cc(-c2ccccn2)n2ncnc2n1. The molecule has 3 rings (SSSR count). The maximum atomic E-state index is 4.30. The summed E-state index contributed by atoms with van der Waals surface area (Å²) in [7, 11) is 0. The molecule has 78 valence electrons. The summed E-state index contributed by atoms with van der Waals surface area (Å²) in [5.41, 5.74) is 1.76. The summed E-state index contributed by atoms with van der Waals surface area (Å²) >= 11 is 2.16. The summed E-state index contributed by atoms with van der Waals surface area (Å²) < 4.78 is 2.56. The van der Waals surface area contributed by atoms with E-state index in [2.05, 4.69) is 42.6 Å². The number of halogens is 1. The Labute approximate surface area is 105 Å². The van der Waals surface area contributed by atoms with E-state index in [4.69, 9.17) is 0 Å². The lowest BCUT2D eigenvalue weighted by atomic mass is 10.2. The quantitative estimate of drug-likeness (QED) is 0.506. The van der Waals surface area contributed by atoms with E-state index in [9.17, 15) is 0 Å². The lowest BCUT2D eigenvalue weighted by Gasteiger charge is -2.03. The average Bonchev–Trinajstić information content (AvgIpc) is 2.77. The van der Waals surface area contributed by atoms with Crippen LogP contribution in [-0.2, 0) is 0 Å². The van der Waals surface area contributed by atoms with Gasteiger partial charge in [0.05, 0.1) is 11.4 Å². The van der Waals surface area contributed by atoms with E-state index in [1.54, 1.807) is 10.7 Å². The van der Waals surface area contributed by atoms with Gasteiger partial charge in [-0.25, -0.2) is 4.98 Å². The second kappa shape index (κ2) is 3.78. The molecule has 5 nitrogen and oxygen atoms in total. The number of hydrogen-bond acceptors (Lipinski definition) is 4. The van der Waals surface area contributed by atoms with Gasteiger partial charge in [-0.2, -0.15) is 14.6 Å². The first-order valence-corrected chi connectivity index (χ1v) is 5.70. The molecule has 0 aliphatic rings. The van der Waals surface area contributed by atoms with Gasteiger partial charge in [0, 0.05) is 6.20 Å². The molecule has 16 heavy (non-hydrogen) atoms. The van der Waals surface area contributed by atoms with Crippen molar-refractivity contribution >= 4 is 28.4 Å². The van der Waals surface area contributed by atoms with Gasteiger partial charge >= 0.3 is 0 Å². The van der Waals surface area contributed by atoms with Crippen LogP contribution in [0.5, 0.6) is 0 Å². The van der Waals surface area contributed by atoms with Crippen LogP contribution in [0.4, 0.5) is 0 Å². The monoisotopic (exact) mass is 323 g/mol. The van der Waals surface area contributed by atoms with Crippen molar-refractivity contribution in [2.75, 3.05) is 0 Å². The van der Waals surface area contributed by atoms with Gasteiger partial charge < -0.3 is 0 Å². The van der Waals surface area contributed by atoms with Crippen molar-refractivity contribution in [3.63, 3.8) is 0 Å². The Morgan fingerprint density at radius 1 is 1.19 bits per heavy atom. The minimum Gasteiger partial charge on any atom is -0.255 e. The molecular formula is C10H6IN5. The number of fused-ring (bicyclic) bond motifs is 1. The molecule has 0 aliphatic carbocycles. The Bertz CT molecular complexity index is 634. The smallest absolute Gasteiger partial charge is 0.253 e. The van der Waals surface area contributed by atoms with Crippen LogP contribution in [0.25, 0.3) is 17.2 Å². The molecular weight excluding hydrogens is 317 g/mol. The molecule has 3 aromatic rings. The lowest BCUT2D eigenvalue weighted by molar-refractivity contribution is 0.936. The molecule has 0 atom stereocenters. The minimum atomic E-state index is 0.590. The van der Waals surface area contributed by atoms with Gasteiger partial charge in [0.25, 0.3) is 5.78 Å². The van der Waals surface area contributed by atoms with Crippen LogP contribution in [0.15, 0.2) is 36.8 Å². The third-order valence-corrected chi connectivity index (χ3v) is 2.70. The molecule has 0 saturated carbocycles. The van der Waals surface area contributed by atoms with Gasteiger partial charge in [-0.15, -0.1) is 0 Å². The topological polar surface area (TPSA) is 56.0 Å². The molecule has 0 N–H and O–H groups in total. The Hall–Kier alpha value is -1.57. The first kappa shape index (κ1) is 9.64. The van der Waals surface area contributed by atoms with E-state index in [-0.39, 0.29) is 0 Å². The summed E-state index contributed by atoms with van der Waals surface area (Å²) in [4.78, 5) is 12.6. The maximum Gasteiger partial charge on any atom is 0.253 e. The van der Waals surface area contributed by atoms with Crippen molar-refractivity contribution < 1.29 is 0 Å². The highest BCUT2D eigenvalue weighted by Gasteiger charge is 2.08. The molecule has 0 unspecified atom stereocenters. The van der Waals surface area contributed by atoms with Crippen molar-refractivity contribution in [3.05, 3.63) is 40.5 Å². The Balaban J connectivity index is 2.34. The molecule has 0 aromatic carbocycles. The van der Waals surface area contributed by atoms with Crippen LogP contribution < -0.4 is 0 Å². The maximum absolute atomic E-state index is 4.30. The number of nitrogens with zero attached hydrogens (tertiary/aromatic N) is 5. The first-order valence-electron chi connectivity index (χ1n) is 4.62. The van der Waals surface area contributed by atoms with Gasteiger partial charge in [0.2, 0.25) is 0 Å². The summed E-state index contributed by atoms with van der Waals surface area (Å²) in [6, 6.07) is 7.70. The molecule has 0 spiro atoms. The molecule has 3 heterocycles. The zero-order valence-electron chi connectivity index (χ0n) is 8.08. The first-order chi connectivity index (χ1) is 7.84. The van der Waals surface area contributed by atoms with E-state index >= 15 is 0 Å². The van der Waals surface area contributed by atoms with E-state index in [1.165, 1.54) is 6.33 Å². The highest BCUT2D eigenvalue weighted by molar-refractivity contribution is 14.1. The van der Waals surface area contributed by atoms with Crippen LogP contribution in [0.2, 0.25) is 0 Å². The fourth-order valence-electron chi connectivity index (χ4n) is 1.48. The molecule has 0 saturated heterocycles. The zero-order chi connectivity index (χ0) is 11.0. The van der Waals surface area contributed by atoms with Crippen LogP contribution >= 0.6 is 22.6 Å². The molecule has 0 fully saturated rings. The van der Waals surface area contributed by atoms with Crippen molar-refractivity contribution in [2.45, 2.75) is 0 Å². The van der Waals surface area contributed by atoms with Gasteiger partial charge in [-0.3, -0.25) is 4.98 Å². The normalized spacial score (nSPS) is 10.8. The highest BCUT2D eigenvalue weighted by atomic mass is 127. The number of aromatic nitrogens is 5. The van der Waals surface area contributed by atoms with Crippen LogP contribution in [0.3, 0.4) is 0 Å². The molecule has 6 heteroatoms. The molecule has 0 aliphatic heterocycles. The number of pyridine rings is 1. The van der Waals surface area contributed by atoms with Crippen LogP contribution in [0.1, 0.15) is 0 Å². The summed E-state index contributed by atoms with van der Waals surface area (Å²) in [6.45, 7) is 0. The van der Waals surface area contributed by atoms with Gasteiger partial charge in [-0.1, -0.05) is 6.07 Å². The molecule has 0 radical (unpaired) electrons. The van der Waals surface area contributed by atoms with E-state index in [1.807, 2.05) is 24.3 Å². The van der Waals surface area contributed by atoms with Crippen molar-refractivity contribution in [2.24, 2.45) is 0 Å². The lowest BCUT2D eigenvalue weighted by Crippen LogP contribution is -1.99. The largest absolute Gasteiger partial charge is 0.255 e. The summed E-state index contributed by atoms with van der Waals surface area (Å²) in [5, 5.41) is 4.14. The van der Waals surface area contributed by atoms with E-state index in [0.29, 0.717) is 5.78 Å². The summed E-state index contributed by atoms with van der Waals surface area (Å²) in [6.07, 6.45) is 3.25. The predicted molar refractivity (Wildman–Crippen MR) is 66.7 cm³/mol. The fraction of sp³-hybridized carbons (Fsp3) is 0. The fourth-order valence-corrected chi connectivity index (χ4v) is 1.99. The van der Waals surface area contributed by atoms with E-state index < -0.39 is 0 Å². The number of rotatable bonds is 1. The molecule has 0 bridgehead atoms. The second-order valence-electron chi connectivity index (χ2n) is 3.15. The van der Waals surface area contributed by atoms with Gasteiger partial charge in [-0.05, 0) is 40.8 Å². The average molecular weight is 323 g/mol. The van der Waals surface area contributed by atoms with Crippen molar-refractivity contribution in [1.82, 2.24) is 24.6 Å². The number of hydrogen-bond donors (Lipinski definition) is 0. The minimum absolute atomic E-state index is 0.590. The summed E-state index contributed by atoms with van der Waals surface area (Å²) in [5.74, 6) is 0.590. The Morgan fingerprint density at radius 2 is 2.12 bits per heavy atom. The third-order valence-electron chi connectivity index (χ3n) is 2.15. The van der Waals surface area contributed by atoms with Crippen molar-refractivity contribution in [1.29, 1.82) is 0 Å². The van der Waals surface area contributed by atoms with E-state index in [0.717, 1.165) is 15.1 Å². The highest BCUT2D eigenvalue weighted by Crippen LogP contribution is 2.18. The Kier molecular flexibility index (Phi) is 2.28. The molecule has 3 aromatic heterocycles. The van der Waals surface area contributed by atoms with Crippen LogP contribution in [0, 0.1) is 3.70 Å². The van der Waals surface area contributed by atoms with Gasteiger partial charge in [0.1, 0.15) is 10.0 Å². The predicted octanol–water partition coefficient (Wildman–Crippen LogP) is 1.79. The molecule has 0 amide bonds. The van der Waals surface area contributed by atoms with Crippen LogP contribution in [-0.4, -0.2) is 24.6 Å². The third kappa shape index (κ3) is 1.54. The zero-order valence-corrected chi connectivity index (χ0v) is 10.2. The van der Waals surface area contributed by atoms with Gasteiger partial charge in [0.15, 0.2) is 0 Å². The standard InChI is InChI=1S/C10H6IN5/c11-9-5-8(7-3-1-2-4-12-7)16-10(15-9)13-6-14-16/h1-6H. The Morgan fingerprint density at radius 3 is 2.94 bits per heavy atom. The second-order valence-corrected chi connectivity index (χ2v) is 4.26.